The van der Waals surface area contributed by atoms with Gasteiger partial charge in [-0.2, -0.15) is 0 Å². The van der Waals surface area contributed by atoms with E-state index in [0.717, 1.165) is 18.5 Å². The largest absolute Gasteiger partial charge is 0.240 e. The van der Waals surface area contributed by atoms with Crippen molar-refractivity contribution in [1.82, 2.24) is 0 Å². The Bertz CT molecular complexity index is 485. The molecule has 1 rings (SSSR count). The zero-order valence-electron chi connectivity index (χ0n) is 25.6. The quantitative estimate of drug-likeness (QED) is 0.0671. The smallest absolute Gasteiger partial charge is 0.0968 e. The summed E-state index contributed by atoms with van der Waals surface area (Å²) >= 11 is 0. The van der Waals surface area contributed by atoms with Gasteiger partial charge in [0.15, 0.2) is 12.4 Å². The van der Waals surface area contributed by atoms with Gasteiger partial charge in [0, 0.05) is 0 Å². The first kappa shape index (κ1) is 34.2. The number of unbranched alkanes of at least 4 members (excludes halogenated alkanes) is 24. The highest BCUT2D eigenvalue weighted by Gasteiger charge is 2.22. The Morgan fingerprint density at radius 2 is 0.676 bits per heavy atom. The first-order valence-corrected chi connectivity index (χ1v) is 17.3. The topological polar surface area (TPSA) is 24.7 Å². The van der Waals surface area contributed by atoms with Gasteiger partial charge in [0.2, 0.25) is 6.17 Å². The van der Waals surface area contributed by atoms with E-state index in [1.807, 2.05) is 12.4 Å². The summed E-state index contributed by atoms with van der Waals surface area (Å²) in [4.78, 5) is 8.94. The van der Waals surface area contributed by atoms with Gasteiger partial charge in [-0.25, -0.2) is 0 Å². The van der Waals surface area contributed by atoms with Crippen LogP contribution in [0.1, 0.15) is 200 Å². The van der Waals surface area contributed by atoms with Gasteiger partial charge in [0.25, 0.3) is 0 Å². The summed E-state index contributed by atoms with van der Waals surface area (Å²) < 4.78 is 0. The Hall–Kier alpha value is -0.790. The van der Waals surface area contributed by atoms with Crippen molar-refractivity contribution in [3.63, 3.8) is 0 Å². The maximum atomic E-state index is 4.47. The molecule has 1 aliphatic rings. The van der Waals surface area contributed by atoms with Crippen LogP contribution < -0.4 is 0 Å². The van der Waals surface area contributed by atoms with Crippen LogP contribution in [0.5, 0.6) is 0 Å². The number of aliphatic imine (C=N–C) groups is 2. The Labute approximate surface area is 234 Å². The molecule has 2 nitrogen and oxygen atoms in total. The van der Waals surface area contributed by atoms with E-state index in [1.54, 1.807) is 0 Å². The third-order valence-corrected chi connectivity index (χ3v) is 8.42. The molecule has 0 amide bonds. The Morgan fingerprint density at radius 1 is 0.405 bits per heavy atom. The van der Waals surface area contributed by atoms with Gasteiger partial charge in [-0.1, -0.05) is 191 Å². The zero-order chi connectivity index (χ0) is 26.5. The van der Waals surface area contributed by atoms with Crippen LogP contribution in [0, 0.1) is 12.1 Å². The summed E-state index contributed by atoms with van der Waals surface area (Å²) in [5, 5.41) is 0. The molecule has 0 fully saturated rings. The molecule has 0 aromatic carbocycles. The Balaban J connectivity index is 1.96. The van der Waals surface area contributed by atoms with E-state index in [0.29, 0.717) is 0 Å². The van der Waals surface area contributed by atoms with Gasteiger partial charge in [0.1, 0.15) is 0 Å². The lowest BCUT2D eigenvalue weighted by molar-refractivity contribution is 0.384. The molecule has 0 N–H and O–H groups in total. The van der Waals surface area contributed by atoms with E-state index < -0.39 is 0 Å². The third-order valence-electron chi connectivity index (χ3n) is 8.42. The zero-order valence-corrected chi connectivity index (χ0v) is 25.6. The average molecular weight is 516 g/mol. The first-order chi connectivity index (χ1) is 18.4. The fourth-order valence-corrected chi connectivity index (χ4v) is 5.89. The number of hydrogen-bond acceptors (Lipinski definition) is 2. The molecule has 1 unspecified atom stereocenters. The second-order valence-electron chi connectivity index (χ2n) is 12.1. The van der Waals surface area contributed by atoms with Crippen LogP contribution in [0.4, 0.5) is 0 Å². The lowest BCUT2D eigenvalue weighted by atomic mass is 9.90. The predicted molar refractivity (Wildman–Crippen MR) is 169 cm³/mol. The van der Waals surface area contributed by atoms with E-state index in [1.165, 1.54) is 180 Å². The Kier molecular flexibility index (Phi) is 26.1. The van der Waals surface area contributed by atoms with Crippen molar-refractivity contribution in [2.24, 2.45) is 15.9 Å². The molecule has 0 saturated heterocycles. The van der Waals surface area contributed by atoms with E-state index in [2.05, 4.69) is 23.8 Å². The third kappa shape index (κ3) is 24.0. The molecule has 0 saturated carbocycles. The standard InChI is InChI=1S/C35H67N2/c1-3-5-7-9-11-13-15-16-17-18-20-22-24-26-28-30-34(33-35-36-31-32-37-35)29-27-25-23-21-19-14-12-10-8-6-4-2/h31-32,34H,3-30,33H2,1-2H3/q+1. The fraction of sp³-hybridized carbons (Fsp3) is 0.914. The van der Waals surface area contributed by atoms with Crippen LogP contribution in [0.25, 0.3) is 0 Å². The first-order valence-electron chi connectivity index (χ1n) is 17.3. The van der Waals surface area contributed by atoms with Crippen molar-refractivity contribution in [3.8, 4) is 0 Å². The van der Waals surface area contributed by atoms with Gasteiger partial charge in [-0.15, -0.1) is 0 Å². The SMILES string of the molecule is CCCCCCCCCCCCCCCCCC(CCCCCCCCCCCCC)C[C+]1N=CC=N1. The highest BCUT2D eigenvalue weighted by Crippen LogP contribution is 2.28. The van der Waals surface area contributed by atoms with Gasteiger partial charge in [-0.3, -0.25) is 0 Å². The van der Waals surface area contributed by atoms with E-state index in [9.17, 15) is 0 Å². The molecule has 216 valence electrons. The molecule has 0 aromatic rings. The van der Waals surface area contributed by atoms with E-state index in [-0.39, 0.29) is 0 Å². The van der Waals surface area contributed by atoms with Crippen molar-refractivity contribution < 1.29 is 0 Å². The summed E-state index contributed by atoms with van der Waals surface area (Å²) in [5.74, 6) is 0.794. The molecular weight excluding hydrogens is 448 g/mol. The average Bonchev–Trinajstić information content (AvgIpc) is 3.42. The van der Waals surface area contributed by atoms with Crippen LogP contribution >= 0.6 is 0 Å². The van der Waals surface area contributed by atoms with E-state index in [4.69, 9.17) is 0 Å². The second kappa shape index (κ2) is 28.2. The van der Waals surface area contributed by atoms with Gasteiger partial charge >= 0.3 is 0 Å². The second-order valence-corrected chi connectivity index (χ2v) is 12.1. The van der Waals surface area contributed by atoms with Crippen LogP contribution in [0.3, 0.4) is 0 Å². The van der Waals surface area contributed by atoms with Crippen LogP contribution in [-0.2, 0) is 0 Å². The number of nitrogens with zero attached hydrogens (tertiary/aromatic N) is 2. The highest BCUT2D eigenvalue weighted by molar-refractivity contribution is 6.18. The minimum Gasteiger partial charge on any atom is -0.0968 e. The number of hydrogen-bond donors (Lipinski definition) is 0. The minimum absolute atomic E-state index is 0.794. The van der Waals surface area contributed by atoms with Crippen LogP contribution in [-0.4, -0.2) is 12.4 Å². The Morgan fingerprint density at radius 3 is 0.973 bits per heavy atom. The molecule has 0 bridgehead atoms. The molecule has 1 heterocycles. The lowest BCUT2D eigenvalue weighted by Crippen LogP contribution is -2.05. The molecule has 1 aliphatic heterocycles. The summed E-state index contributed by atoms with van der Waals surface area (Å²) in [5.41, 5.74) is 0. The van der Waals surface area contributed by atoms with Crippen molar-refractivity contribution in [2.45, 2.75) is 200 Å². The maximum Gasteiger partial charge on any atom is 0.240 e. The fourth-order valence-electron chi connectivity index (χ4n) is 5.89. The van der Waals surface area contributed by atoms with Crippen molar-refractivity contribution in [3.05, 3.63) is 6.17 Å². The molecule has 0 aromatic heterocycles. The molecular formula is C35H67N2+. The predicted octanol–water partition coefficient (Wildman–Crippen LogP) is 12.6. The van der Waals surface area contributed by atoms with Crippen molar-refractivity contribution in [2.75, 3.05) is 0 Å². The summed E-state index contributed by atoms with van der Waals surface area (Å²) in [6.45, 7) is 4.61. The molecule has 0 radical (unpaired) electrons. The molecule has 37 heavy (non-hydrogen) atoms. The van der Waals surface area contributed by atoms with E-state index >= 15 is 0 Å². The normalized spacial score (nSPS) is 13.7. The van der Waals surface area contributed by atoms with Gasteiger partial charge < -0.3 is 0 Å². The minimum atomic E-state index is 0.794. The summed E-state index contributed by atoms with van der Waals surface area (Å²) in [6.07, 6.45) is 46.2. The molecule has 0 aliphatic carbocycles. The van der Waals surface area contributed by atoms with Gasteiger partial charge in [-0.05, 0) is 18.8 Å². The van der Waals surface area contributed by atoms with Crippen LogP contribution in [0.2, 0.25) is 0 Å². The molecule has 1 atom stereocenters. The van der Waals surface area contributed by atoms with Gasteiger partial charge in [0.05, 0.1) is 6.42 Å². The monoisotopic (exact) mass is 516 g/mol. The lowest BCUT2D eigenvalue weighted by Gasteiger charge is -2.15. The number of rotatable bonds is 30. The maximum absolute atomic E-state index is 4.47. The van der Waals surface area contributed by atoms with Crippen molar-refractivity contribution in [1.29, 1.82) is 0 Å². The molecule has 2 heteroatoms. The summed E-state index contributed by atoms with van der Waals surface area (Å²) in [7, 11) is 0. The van der Waals surface area contributed by atoms with Crippen molar-refractivity contribution >= 4 is 12.4 Å². The highest BCUT2D eigenvalue weighted by atomic mass is 15.0. The van der Waals surface area contributed by atoms with Crippen LogP contribution in [0.15, 0.2) is 9.98 Å². The molecule has 0 spiro atoms. The summed E-state index contributed by atoms with van der Waals surface area (Å²) in [6, 6.07) is 0.